The maximum absolute atomic E-state index is 13.0. The zero-order valence-corrected chi connectivity index (χ0v) is 17.2. The molecule has 0 spiro atoms. The van der Waals surface area contributed by atoms with Crippen LogP contribution >= 0.6 is 11.3 Å². The number of hydrogen-bond acceptors (Lipinski definition) is 8. The Kier molecular flexibility index (Phi) is 5.04. The number of ether oxygens (including phenoxy) is 2. The minimum atomic E-state index is -0.831. The third kappa shape index (κ3) is 3.13. The van der Waals surface area contributed by atoms with Gasteiger partial charge in [0, 0.05) is 16.5 Å². The maximum atomic E-state index is 13.0. The van der Waals surface area contributed by atoms with Crippen molar-refractivity contribution in [1.29, 1.82) is 0 Å². The monoisotopic (exact) mass is 426 g/mol. The third-order valence-corrected chi connectivity index (χ3v) is 5.70. The Labute approximate surface area is 175 Å². The van der Waals surface area contributed by atoms with Gasteiger partial charge in [-0.1, -0.05) is 11.2 Å². The molecule has 2 aromatic heterocycles. The van der Waals surface area contributed by atoms with Crippen LogP contribution in [0.1, 0.15) is 22.2 Å². The highest BCUT2D eigenvalue weighted by Crippen LogP contribution is 2.43. The van der Waals surface area contributed by atoms with Crippen LogP contribution in [0.5, 0.6) is 11.5 Å². The van der Waals surface area contributed by atoms with E-state index in [9.17, 15) is 14.7 Å². The van der Waals surface area contributed by atoms with Gasteiger partial charge in [0.15, 0.2) is 17.3 Å². The van der Waals surface area contributed by atoms with Crippen molar-refractivity contribution < 1.29 is 28.7 Å². The second kappa shape index (κ2) is 7.68. The van der Waals surface area contributed by atoms with Crippen LogP contribution in [-0.2, 0) is 9.59 Å². The van der Waals surface area contributed by atoms with Gasteiger partial charge in [0.05, 0.1) is 19.8 Å². The lowest BCUT2D eigenvalue weighted by Gasteiger charge is -2.21. The van der Waals surface area contributed by atoms with E-state index in [1.54, 1.807) is 37.3 Å². The molecule has 1 saturated heterocycles. The fourth-order valence-corrected chi connectivity index (χ4v) is 4.21. The third-order valence-electron chi connectivity index (χ3n) is 4.78. The van der Waals surface area contributed by atoms with Crippen LogP contribution in [0.3, 0.4) is 0 Å². The molecular weight excluding hydrogens is 408 g/mol. The van der Waals surface area contributed by atoms with Gasteiger partial charge < -0.3 is 19.1 Å². The molecule has 8 nitrogen and oxygen atoms in total. The summed E-state index contributed by atoms with van der Waals surface area (Å²) in [4.78, 5) is 27.8. The normalized spacial score (nSPS) is 18.1. The molecule has 1 atom stereocenters. The molecule has 0 aliphatic carbocycles. The number of rotatable bonds is 5. The van der Waals surface area contributed by atoms with Gasteiger partial charge in [0.25, 0.3) is 5.78 Å². The number of thiophene rings is 1. The molecule has 1 unspecified atom stereocenters. The van der Waals surface area contributed by atoms with Crippen LogP contribution in [0.4, 0.5) is 5.82 Å². The zero-order valence-electron chi connectivity index (χ0n) is 16.4. The average Bonchev–Trinajstić information content (AvgIpc) is 3.48. The Bertz CT molecular complexity index is 1150. The summed E-state index contributed by atoms with van der Waals surface area (Å²) in [6, 6.07) is 9.10. The number of aliphatic hydroxyl groups is 1. The van der Waals surface area contributed by atoms with Gasteiger partial charge >= 0.3 is 5.91 Å². The Morgan fingerprint density at radius 1 is 1.17 bits per heavy atom. The standard InChI is InChI=1S/C21H18N2O6S/c1-11-9-16(22-29-11)23-18(15-5-4-8-30-15)17(20(25)21(23)26)19(24)12-6-7-13(27-2)14(10-12)28-3/h4-10,18,24H,1-3H3. The van der Waals surface area contributed by atoms with Gasteiger partial charge in [-0.2, -0.15) is 0 Å². The predicted octanol–water partition coefficient (Wildman–Crippen LogP) is 3.69. The van der Waals surface area contributed by atoms with Crippen molar-refractivity contribution in [2.75, 3.05) is 19.1 Å². The lowest BCUT2D eigenvalue weighted by atomic mass is 9.99. The first-order valence-corrected chi connectivity index (χ1v) is 9.84. The Morgan fingerprint density at radius 3 is 2.53 bits per heavy atom. The Balaban J connectivity index is 1.90. The number of anilines is 1. The number of carbonyl (C=O) groups is 2. The zero-order chi connectivity index (χ0) is 21.4. The molecule has 3 heterocycles. The summed E-state index contributed by atoms with van der Waals surface area (Å²) in [6.07, 6.45) is 0. The van der Waals surface area contributed by atoms with E-state index in [1.165, 1.54) is 30.5 Å². The van der Waals surface area contributed by atoms with E-state index < -0.39 is 17.7 Å². The van der Waals surface area contributed by atoms with E-state index in [0.717, 1.165) is 0 Å². The fraction of sp³-hybridized carbons (Fsp3) is 0.190. The maximum Gasteiger partial charge on any atom is 0.301 e. The first kappa shape index (κ1) is 19.7. The van der Waals surface area contributed by atoms with Crippen molar-refractivity contribution in [3.05, 3.63) is 63.6 Å². The highest BCUT2D eigenvalue weighted by molar-refractivity contribution is 7.10. The smallest absolute Gasteiger partial charge is 0.301 e. The SMILES string of the molecule is COc1ccc(C(O)=C2C(=O)C(=O)N(c3cc(C)on3)C2c2cccs2)cc1OC. The van der Waals surface area contributed by atoms with Crippen molar-refractivity contribution in [1.82, 2.24) is 5.16 Å². The first-order chi connectivity index (χ1) is 14.5. The fourth-order valence-electron chi connectivity index (χ4n) is 3.39. The van der Waals surface area contributed by atoms with Crippen molar-refractivity contribution in [3.63, 3.8) is 0 Å². The molecule has 30 heavy (non-hydrogen) atoms. The van der Waals surface area contributed by atoms with E-state index in [1.807, 2.05) is 11.4 Å². The second-order valence-corrected chi connectivity index (χ2v) is 7.53. The molecule has 9 heteroatoms. The summed E-state index contributed by atoms with van der Waals surface area (Å²) in [5.74, 6) is -0.338. The number of methoxy groups -OCH3 is 2. The van der Waals surface area contributed by atoms with E-state index in [-0.39, 0.29) is 17.2 Å². The van der Waals surface area contributed by atoms with Crippen LogP contribution in [0.2, 0.25) is 0 Å². The lowest BCUT2D eigenvalue weighted by molar-refractivity contribution is -0.132. The number of carbonyl (C=O) groups excluding carboxylic acids is 2. The number of aryl methyl sites for hydroxylation is 1. The van der Waals surface area contributed by atoms with E-state index in [2.05, 4.69) is 5.16 Å². The number of aromatic nitrogens is 1. The predicted molar refractivity (Wildman–Crippen MR) is 110 cm³/mol. The highest BCUT2D eigenvalue weighted by Gasteiger charge is 2.48. The van der Waals surface area contributed by atoms with Gasteiger partial charge in [0.2, 0.25) is 0 Å². The van der Waals surface area contributed by atoms with Crippen molar-refractivity contribution in [2.45, 2.75) is 13.0 Å². The van der Waals surface area contributed by atoms with Gasteiger partial charge in [-0.15, -0.1) is 11.3 Å². The molecule has 1 aliphatic rings. The quantitative estimate of drug-likeness (QED) is 0.377. The van der Waals surface area contributed by atoms with E-state index >= 15 is 0 Å². The van der Waals surface area contributed by atoms with Crippen LogP contribution in [-0.4, -0.2) is 36.2 Å². The number of Topliss-reactive ketones (excluding diaryl/α,β-unsaturated/α-hetero) is 1. The highest BCUT2D eigenvalue weighted by atomic mass is 32.1. The molecule has 3 aromatic rings. The Morgan fingerprint density at radius 2 is 1.93 bits per heavy atom. The number of amides is 1. The molecular formula is C21H18N2O6S. The topological polar surface area (TPSA) is 102 Å². The average molecular weight is 426 g/mol. The molecule has 1 fully saturated rings. The molecule has 0 radical (unpaired) electrons. The molecule has 1 aromatic carbocycles. The van der Waals surface area contributed by atoms with Crippen LogP contribution < -0.4 is 14.4 Å². The minimum Gasteiger partial charge on any atom is -0.507 e. The van der Waals surface area contributed by atoms with Gasteiger partial charge in [0.1, 0.15) is 17.6 Å². The van der Waals surface area contributed by atoms with E-state index in [0.29, 0.717) is 27.7 Å². The van der Waals surface area contributed by atoms with Crippen molar-refractivity contribution in [2.24, 2.45) is 0 Å². The van der Waals surface area contributed by atoms with Gasteiger partial charge in [-0.05, 0) is 36.6 Å². The second-order valence-electron chi connectivity index (χ2n) is 6.55. The molecule has 154 valence electrons. The summed E-state index contributed by atoms with van der Waals surface area (Å²) in [7, 11) is 2.97. The van der Waals surface area contributed by atoms with Crippen LogP contribution in [0.15, 0.2) is 51.9 Å². The number of benzene rings is 1. The summed E-state index contributed by atoms with van der Waals surface area (Å²) in [5, 5.41) is 16.8. The summed E-state index contributed by atoms with van der Waals surface area (Å²) in [6.45, 7) is 1.69. The molecule has 0 bridgehead atoms. The largest absolute Gasteiger partial charge is 0.507 e. The summed E-state index contributed by atoms with van der Waals surface area (Å²) in [5.41, 5.74) is 0.291. The number of aliphatic hydroxyl groups excluding tert-OH is 1. The molecule has 1 aliphatic heterocycles. The van der Waals surface area contributed by atoms with Crippen LogP contribution in [0.25, 0.3) is 5.76 Å². The molecule has 4 rings (SSSR count). The summed E-state index contributed by atoms with van der Waals surface area (Å²) >= 11 is 1.37. The number of hydrogen-bond donors (Lipinski definition) is 1. The van der Waals surface area contributed by atoms with E-state index in [4.69, 9.17) is 14.0 Å². The Hall–Kier alpha value is -3.59. The summed E-state index contributed by atoms with van der Waals surface area (Å²) < 4.78 is 15.6. The van der Waals surface area contributed by atoms with Gasteiger partial charge in [-0.3, -0.25) is 14.5 Å². The minimum absolute atomic E-state index is 0.0321. The van der Waals surface area contributed by atoms with Crippen LogP contribution in [0, 0.1) is 6.92 Å². The molecule has 1 N–H and O–H groups in total. The van der Waals surface area contributed by atoms with Crippen molar-refractivity contribution >= 4 is 34.6 Å². The molecule has 1 amide bonds. The molecule has 0 saturated carbocycles. The number of ketones is 1. The van der Waals surface area contributed by atoms with Gasteiger partial charge in [-0.25, -0.2) is 0 Å². The van der Waals surface area contributed by atoms with Crippen molar-refractivity contribution in [3.8, 4) is 11.5 Å². The first-order valence-electron chi connectivity index (χ1n) is 8.96. The lowest BCUT2D eigenvalue weighted by Crippen LogP contribution is -2.29. The number of nitrogens with zero attached hydrogens (tertiary/aromatic N) is 2.